The zero-order valence-electron chi connectivity index (χ0n) is 28.2. The molecule has 0 radical (unpaired) electrons. The molecule has 3 fully saturated rings. The van der Waals surface area contributed by atoms with E-state index in [1.165, 1.54) is 11.3 Å². The number of amides is 3. The van der Waals surface area contributed by atoms with Gasteiger partial charge < -0.3 is 25.0 Å². The molecule has 0 unspecified atom stereocenters. The quantitative estimate of drug-likeness (QED) is 0.285. The predicted octanol–water partition coefficient (Wildman–Crippen LogP) is 4.53. The number of benzene rings is 2. The number of thiazole rings is 1. The van der Waals surface area contributed by atoms with Crippen molar-refractivity contribution in [3.63, 3.8) is 0 Å². The minimum Gasteiger partial charge on any atom is -0.497 e. The molecule has 0 bridgehead atoms. The molecule has 3 aromatic rings. The molecule has 0 spiro atoms. The molecule has 2 saturated carbocycles. The van der Waals surface area contributed by atoms with Gasteiger partial charge in [0.1, 0.15) is 29.5 Å². The van der Waals surface area contributed by atoms with Crippen molar-refractivity contribution in [1.29, 1.82) is 0 Å². The van der Waals surface area contributed by atoms with Crippen LogP contribution in [-0.2, 0) is 24.4 Å². The summed E-state index contributed by atoms with van der Waals surface area (Å²) >= 11 is 1.40. The van der Waals surface area contributed by atoms with Gasteiger partial charge in [-0.05, 0) is 69.7 Å². The van der Waals surface area contributed by atoms with E-state index in [1.54, 1.807) is 18.9 Å². The van der Waals surface area contributed by atoms with Crippen molar-refractivity contribution < 1.29 is 32.3 Å². The molecule has 1 saturated heterocycles. The van der Waals surface area contributed by atoms with Crippen molar-refractivity contribution >= 4 is 55.0 Å². The standard InChI is InChI=1S/C36H43N5O7S2/c1-35(17-18-35)50(45,46)40-33(44)36-21-23(36)11-6-4-3-5-7-15-28(37-24-12-10-13-25(19-24)47-2)32(43)41-22-26(20-29(41)31(42)39-36)48-34-38-27-14-8-9-16-30(27)49-34/h6,8-14,16,19,23,26,28-29,37H,3-5,7,15,17-18,20-22H2,1-2H3,(H,39,42)(H,40,44)/b11-6-/t23-,26-,28+,29+,36-/m1/s1. The summed E-state index contributed by atoms with van der Waals surface area (Å²) in [6.45, 7) is 1.75. The number of ether oxygens (including phenoxy) is 2. The summed E-state index contributed by atoms with van der Waals surface area (Å²) in [5.74, 6) is -1.25. The van der Waals surface area contributed by atoms with Gasteiger partial charge in [-0.25, -0.2) is 13.4 Å². The van der Waals surface area contributed by atoms with Gasteiger partial charge in [0.15, 0.2) is 0 Å². The molecule has 2 aromatic carbocycles. The molecule has 5 atom stereocenters. The van der Waals surface area contributed by atoms with Gasteiger partial charge in [-0.1, -0.05) is 54.5 Å². The largest absolute Gasteiger partial charge is 0.497 e. The Morgan fingerprint density at radius 2 is 1.92 bits per heavy atom. The Morgan fingerprint density at radius 1 is 1.10 bits per heavy atom. The molecule has 3 amide bonds. The molecule has 266 valence electrons. The number of fused-ring (bicyclic) bond motifs is 3. The topological polar surface area (TPSA) is 156 Å². The van der Waals surface area contributed by atoms with Crippen LogP contribution >= 0.6 is 11.3 Å². The van der Waals surface area contributed by atoms with Crippen molar-refractivity contribution in [3.8, 4) is 10.9 Å². The monoisotopic (exact) mass is 721 g/mol. The third kappa shape index (κ3) is 6.91. The van der Waals surface area contributed by atoms with Crippen molar-refractivity contribution in [2.24, 2.45) is 5.92 Å². The molecule has 2 aliphatic heterocycles. The number of hydrogen-bond acceptors (Lipinski definition) is 10. The van der Waals surface area contributed by atoms with Crippen LogP contribution in [0.3, 0.4) is 0 Å². The third-order valence-corrected chi connectivity index (χ3v) is 13.5. The van der Waals surface area contributed by atoms with E-state index in [-0.39, 0.29) is 31.2 Å². The Balaban J connectivity index is 1.18. The molecule has 50 heavy (non-hydrogen) atoms. The van der Waals surface area contributed by atoms with Crippen LogP contribution in [0.4, 0.5) is 5.69 Å². The first-order chi connectivity index (χ1) is 24.0. The lowest BCUT2D eigenvalue weighted by molar-refractivity contribution is -0.140. The first-order valence-corrected chi connectivity index (χ1v) is 19.6. The fourth-order valence-electron chi connectivity index (χ4n) is 6.90. The van der Waals surface area contributed by atoms with Crippen molar-refractivity contribution in [2.45, 2.75) is 93.2 Å². The Bertz CT molecular complexity index is 1890. The van der Waals surface area contributed by atoms with Gasteiger partial charge in [0.2, 0.25) is 21.8 Å². The zero-order chi connectivity index (χ0) is 35.1. The summed E-state index contributed by atoms with van der Waals surface area (Å²) in [5, 5.41) is 6.78. The molecule has 3 heterocycles. The number of nitrogens with one attached hydrogen (secondary N) is 3. The van der Waals surface area contributed by atoms with E-state index in [1.807, 2.05) is 60.7 Å². The predicted molar refractivity (Wildman–Crippen MR) is 190 cm³/mol. The molecule has 3 N–H and O–H groups in total. The summed E-state index contributed by atoms with van der Waals surface area (Å²) in [6, 6.07) is 13.5. The fourth-order valence-corrected chi connectivity index (χ4v) is 9.10. The van der Waals surface area contributed by atoms with Gasteiger partial charge in [-0.2, -0.15) is 0 Å². The maximum absolute atomic E-state index is 14.5. The number of nitrogens with zero attached hydrogens (tertiary/aromatic N) is 2. The van der Waals surface area contributed by atoms with Gasteiger partial charge in [-0.3, -0.25) is 19.1 Å². The van der Waals surface area contributed by atoms with E-state index in [0.29, 0.717) is 35.9 Å². The van der Waals surface area contributed by atoms with E-state index >= 15 is 0 Å². The number of para-hydroxylation sites is 1. The van der Waals surface area contributed by atoms with Crippen LogP contribution in [-0.4, -0.2) is 78.2 Å². The van der Waals surface area contributed by atoms with Crippen molar-refractivity contribution in [3.05, 3.63) is 60.7 Å². The van der Waals surface area contributed by atoms with Crippen LogP contribution in [0.2, 0.25) is 0 Å². The summed E-state index contributed by atoms with van der Waals surface area (Å²) in [7, 11) is -2.35. The van der Waals surface area contributed by atoms with Crippen molar-refractivity contribution in [2.75, 3.05) is 19.0 Å². The third-order valence-electron chi connectivity index (χ3n) is 10.4. The average Bonchev–Trinajstić information content (AvgIpc) is 3.90. The second-order valence-electron chi connectivity index (χ2n) is 14.1. The highest BCUT2D eigenvalue weighted by molar-refractivity contribution is 7.91. The summed E-state index contributed by atoms with van der Waals surface area (Å²) in [6.07, 6.45) is 8.60. The second kappa shape index (κ2) is 13.5. The molecular weight excluding hydrogens is 679 g/mol. The number of methoxy groups -OCH3 is 1. The van der Waals surface area contributed by atoms with Gasteiger partial charge >= 0.3 is 0 Å². The number of hydrogen-bond donors (Lipinski definition) is 3. The van der Waals surface area contributed by atoms with Crippen LogP contribution in [0.5, 0.6) is 10.9 Å². The van der Waals surface area contributed by atoms with E-state index in [0.717, 1.165) is 35.9 Å². The van der Waals surface area contributed by atoms with Crippen LogP contribution in [0, 0.1) is 5.92 Å². The van der Waals surface area contributed by atoms with Crippen LogP contribution in [0.25, 0.3) is 10.2 Å². The van der Waals surface area contributed by atoms with Gasteiger partial charge in [0.05, 0.1) is 28.6 Å². The highest BCUT2D eigenvalue weighted by Crippen LogP contribution is 2.47. The maximum Gasteiger partial charge on any atom is 0.274 e. The minimum absolute atomic E-state index is 0.137. The number of sulfonamides is 1. The first kappa shape index (κ1) is 34.3. The molecule has 4 aliphatic rings. The average molecular weight is 722 g/mol. The second-order valence-corrected chi connectivity index (χ2v) is 17.3. The Labute approximate surface area is 296 Å². The molecule has 2 aliphatic carbocycles. The summed E-state index contributed by atoms with van der Waals surface area (Å²) in [4.78, 5) is 48.8. The number of anilines is 1. The van der Waals surface area contributed by atoms with Gasteiger partial charge in [-0.15, -0.1) is 0 Å². The van der Waals surface area contributed by atoms with E-state index in [2.05, 4.69) is 20.3 Å². The Morgan fingerprint density at radius 3 is 2.70 bits per heavy atom. The highest BCUT2D eigenvalue weighted by Gasteiger charge is 2.63. The number of rotatable bonds is 8. The normalized spacial score (nSPS) is 28.6. The highest BCUT2D eigenvalue weighted by atomic mass is 32.2. The zero-order valence-corrected chi connectivity index (χ0v) is 29.9. The lowest BCUT2D eigenvalue weighted by Crippen LogP contribution is -2.58. The van der Waals surface area contributed by atoms with Crippen LogP contribution < -0.4 is 24.8 Å². The Hall–Kier alpha value is -4.17. The first-order valence-electron chi connectivity index (χ1n) is 17.3. The fraction of sp³-hybridized carbons (Fsp3) is 0.500. The molecule has 7 rings (SSSR count). The lowest BCUT2D eigenvalue weighted by Gasteiger charge is -2.30. The SMILES string of the molecule is COc1cccc(N[C@H]2CCCCC/C=C\[C@@H]3C[C@@]3(C(=O)NS(=O)(=O)C3(C)CC3)NC(=O)[C@@H]3C[C@@H](Oc4nc5ccccc5s4)CN3C2=O)c1. The Kier molecular flexibility index (Phi) is 9.27. The van der Waals surface area contributed by atoms with Crippen molar-refractivity contribution in [1.82, 2.24) is 19.9 Å². The summed E-state index contributed by atoms with van der Waals surface area (Å²) in [5.41, 5.74) is 0.0749. The smallest absolute Gasteiger partial charge is 0.274 e. The van der Waals surface area contributed by atoms with Gasteiger partial charge in [0, 0.05) is 24.1 Å². The van der Waals surface area contributed by atoms with Gasteiger partial charge in [0.25, 0.3) is 11.1 Å². The number of carbonyl (C=O) groups excluding carboxylic acids is 3. The number of aromatic nitrogens is 1. The molecule has 1 aromatic heterocycles. The van der Waals surface area contributed by atoms with E-state index in [9.17, 15) is 22.8 Å². The van der Waals surface area contributed by atoms with Crippen LogP contribution in [0.1, 0.15) is 64.7 Å². The summed E-state index contributed by atoms with van der Waals surface area (Å²) < 4.78 is 40.2. The number of carbonyl (C=O) groups is 3. The van der Waals surface area contributed by atoms with E-state index < -0.39 is 50.3 Å². The van der Waals surface area contributed by atoms with E-state index in [4.69, 9.17) is 9.47 Å². The maximum atomic E-state index is 14.5. The van der Waals surface area contributed by atoms with Crippen LogP contribution in [0.15, 0.2) is 60.7 Å². The molecular formula is C36H43N5O7S2. The lowest BCUT2D eigenvalue weighted by atomic mass is 10.0. The molecule has 14 heteroatoms. The molecule has 12 nitrogen and oxygen atoms in total. The number of allylic oxidation sites excluding steroid dienone is 1. The minimum atomic E-state index is -3.94.